The number of rotatable bonds is 2. The van der Waals surface area contributed by atoms with Gasteiger partial charge in [-0.3, -0.25) is 14.6 Å². The smallest absolute Gasteiger partial charge is 0.255 e. The van der Waals surface area contributed by atoms with Gasteiger partial charge in [-0.1, -0.05) is 0 Å². The highest BCUT2D eigenvalue weighted by Gasteiger charge is 2.38. The number of carbonyl (C=O) groups is 2. The van der Waals surface area contributed by atoms with Crippen LogP contribution in [0.3, 0.4) is 0 Å². The van der Waals surface area contributed by atoms with Crippen molar-refractivity contribution in [3.05, 3.63) is 29.6 Å². The molecular weight excluding hydrogens is 292 g/mol. The molecule has 2 saturated heterocycles. The van der Waals surface area contributed by atoms with Gasteiger partial charge in [-0.05, 0) is 39.1 Å². The van der Waals surface area contributed by atoms with Crippen LogP contribution in [0.5, 0.6) is 0 Å². The Hall–Kier alpha value is -1.95. The van der Waals surface area contributed by atoms with Crippen LogP contribution in [0.15, 0.2) is 18.3 Å². The molecule has 1 aromatic rings. The quantitative estimate of drug-likeness (QED) is 0.803. The molecule has 2 aliphatic rings. The normalized spacial score (nSPS) is 20.1. The lowest BCUT2D eigenvalue weighted by atomic mass is 9.97. The van der Waals surface area contributed by atoms with Crippen molar-refractivity contribution in [3.63, 3.8) is 0 Å². The van der Waals surface area contributed by atoms with Gasteiger partial charge in [0.25, 0.3) is 5.91 Å². The van der Waals surface area contributed by atoms with Crippen LogP contribution in [-0.2, 0) is 4.79 Å². The molecule has 0 aromatic carbocycles. The Bertz CT molecular complexity index is 581. The molecule has 1 aromatic heterocycles. The van der Waals surface area contributed by atoms with E-state index in [1.807, 2.05) is 17.9 Å². The van der Waals surface area contributed by atoms with Crippen molar-refractivity contribution in [2.24, 2.45) is 5.92 Å². The zero-order chi connectivity index (χ0) is 16.4. The summed E-state index contributed by atoms with van der Waals surface area (Å²) < 4.78 is 0. The number of carbonyl (C=O) groups excluding carboxylic acids is 2. The van der Waals surface area contributed by atoms with Crippen LogP contribution in [0.25, 0.3) is 0 Å². The Labute approximate surface area is 137 Å². The molecule has 2 aliphatic heterocycles. The van der Waals surface area contributed by atoms with E-state index in [1.54, 1.807) is 17.2 Å². The molecule has 0 saturated carbocycles. The summed E-state index contributed by atoms with van der Waals surface area (Å²) in [6, 6.07) is 3.63. The summed E-state index contributed by atoms with van der Waals surface area (Å²) in [5.74, 6) is 0.129. The summed E-state index contributed by atoms with van der Waals surface area (Å²) in [6.07, 6.45) is 2.63. The average molecular weight is 316 g/mol. The minimum atomic E-state index is -0.0410. The first kappa shape index (κ1) is 15.9. The van der Waals surface area contributed by atoms with Gasteiger partial charge >= 0.3 is 0 Å². The van der Waals surface area contributed by atoms with Gasteiger partial charge in [-0.15, -0.1) is 0 Å². The number of likely N-dealkylation sites (N-methyl/N-ethyl adjacent to an activating group) is 1. The third-order valence-corrected chi connectivity index (χ3v) is 4.71. The lowest BCUT2D eigenvalue weighted by molar-refractivity contribution is -0.139. The molecule has 6 heteroatoms. The number of amides is 2. The molecule has 6 nitrogen and oxygen atoms in total. The van der Waals surface area contributed by atoms with Crippen molar-refractivity contribution in [1.29, 1.82) is 0 Å². The van der Waals surface area contributed by atoms with E-state index in [4.69, 9.17) is 0 Å². The second-order valence-corrected chi connectivity index (χ2v) is 6.58. The molecule has 0 bridgehead atoms. The van der Waals surface area contributed by atoms with E-state index < -0.39 is 0 Å². The first-order chi connectivity index (χ1) is 11.0. The van der Waals surface area contributed by atoms with E-state index in [0.29, 0.717) is 18.7 Å². The van der Waals surface area contributed by atoms with E-state index >= 15 is 0 Å². The molecule has 0 radical (unpaired) electrons. The Kier molecular flexibility index (Phi) is 4.61. The van der Waals surface area contributed by atoms with Gasteiger partial charge in [-0.25, -0.2) is 0 Å². The van der Waals surface area contributed by atoms with Crippen LogP contribution < -0.4 is 0 Å². The number of aryl methyl sites for hydroxylation is 1. The molecule has 124 valence electrons. The topological polar surface area (TPSA) is 56.8 Å². The van der Waals surface area contributed by atoms with Crippen molar-refractivity contribution in [2.45, 2.75) is 13.3 Å². The summed E-state index contributed by atoms with van der Waals surface area (Å²) >= 11 is 0. The third kappa shape index (κ3) is 3.52. The molecule has 2 fully saturated rings. The molecule has 2 amide bonds. The Morgan fingerprint density at radius 1 is 1.09 bits per heavy atom. The summed E-state index contributed by atoms with van der Waals surface area (Å²) in [5, 5.41) is 0. The Morgan fingerprint density at radius 2 is 1.87 bits per heavy atom. The number of likely N-dealkylation sites (tertiary alicyclic amines) is 1. The van der Waals surface area contributed by atoms with E-state index in [1.165, 1.54) is 0 Å². The van der Waals surface area contributed by atoms with E-state index in [2.05, 4.69) is 16.9 Å². The molecule has 3 rings (SSSR count). The fourth-order valence-corrected chi connectivity index (χ4v) is 3.10. The van der Waals surface area contributed by atoms with E-state index in [0.717, 1.165) is 38.3 Å². The van der Waals surface area contributed by atoms with Gasteiger partial charge in [0.15, 0.2) is 0 Å². The molecule has 0 N–H and O–H groups in total. The Morgan fingerprint density at radius 3 is 2.57 bits per heavy atom. The maximum Gasteiger partial charge on any atom is 0.255 e. The molecule has 23 heavy (non-hydrogen) atoms. The molecule has 0 spiro atoms. The zero-order valence-corrected chi connectivity index (χ0v) is 13.9. The van der Waals surface area contributed by atoms with Crippen LogP contribution in [0.1, 0.15) is 22.5 Å². The number of nitrogens with zero attached hydrogens (tertiary/aromatic N) is 4. The van der Waals surface area contributed by atoms with Gasteiger partial charge in [0.1, 0.15) is 0 Å². The van der Waals surface area contributed by atoms with Crippen LogP contribution in [0, 0.1) is 12.8 Å². The minimum absolute atomic E-state index is 0.0304. The van der Waals surface area contributed by atoms with Gasteiger partial charge in [-0.2, -0.15) is 0 Å². The van der Waals surface area contributed by atoms with Gasteiger partial charge < -0.3 is 14.7 Å². The summed E-state index contributed by atoms with van der Waals surface area (Å²) in [4.78, 5) is 35.0. The van der Waals surface area contributed by atoms with Gasteiger partial charge in [0, 0.05) is 44.6 Å². The average Bonchev–Trinajstić information content (AvgIpc) is 2.71. The molecular formula is C17H24N4O2. The van der Waals surface area contributed by atoms with E-state index in [-0.39, 0.29) is 17.7 Å². The van der Waals surface area contributed by atoms with Crippen molar-refractivity contribution >= 4 is 11.8 Å². The maximum atomic E-state index is 12.5. The molecule has 0 aliphatic carbocycles. The van der Waals surface area contributed by atoms with E-state index in [9.17, 15) is 9.59 Å². The van der Waals surface area contributed by atoms with Gasteiger partial charge in [0.2, 0.25) is 5.91 Å². The second-order valence-electron chi connectivity index (χ2n) is 6.58. The predicted molar refractivity (Wildman–Crippen MR) is 87.1 cm³/mol. The Balaban J connectivity index is 1.53. The van der Waals surface area contributed by atoms with Crippen LogP contribution in [0.4, 0.5) is 0 Å². The van der Waals surface area contributed by atoms with Crippen LogP contribution in [-0.4, -0.2) is 77.8 Å². The lowest BCUT2D eigenvalue weighted by Gasteiger charge is -2.40. The SMILES string of the molecule is Cc1ccc(C(=O)N2CC(C(=O)N3CCCN(C)CC3)C2)cn1. The number of hydrogen-bond donors (Lipinski definition) is 0. The lowest BCUT2D eigenvalue weighted by Crippen LogP contribution is -2.56. The minimum Gasteiger partial charge on any atom is -0.341 e. The second kappa shape index (κ2) is 6.66. The standard InChI is InChI=1S/C17H24N4O2/c1-13-4-5-14(10-18-13)16(22)21-11-15(12-21)17(23)20-7-3-6-19(2)8-9-20/h4-5,10,15H,3,6-9,11-12H2,1-2H3. The van der Waals surface area contributed by atoms with Gasteiger partial charge in [0.05, 0.1) is 11.5 Å². The predicted octanol–water partition coefficient (Wildman–Crippen LogP) is 0.626. The highest BCUT2D eigenvalue weighted by Crippen LogP contribution is 2.21. The number of aromatic nitrogens is 1. The summed E-state index contributed by atoms with van der Waals surface area (Å²) in [7, 11) is 2.09. The third-order valence-electron chi connectivity index (χ3n) is 4.71. The molecule has 0 atom stereocenters. The molecule has 0 unspecified atom stereocenters. The van der Waals surface area contributed by atoms with Crippen molar-refractivity contribution in [3.8, 4) is 0 Å². The van der Waals surface area contributed by atoms with Crippen molar-refractivity contribution in [1.82, 2.24) is 19.7 Å². The van der Waals surface area contributed by atoms with Crippen LogP contribution in [0.2, 0.25) is 0 Å². The number of pyridine rings is 1. The summed E-state index contributed by atoms with van der Waals surface area (Å²) in [5.41, 5.74) is 1.49. The zero-order valence-electron chi connectivity index (χ0n) is 13.9. The highest BCUT2D eigenvalue weighted by atomic mass is 16.2. The van der Waals surface area contributed by atoms with Crippen molar-refractivity contribution < 1.29 is 9.59 Å². The highest BCUT2D eigenvalue weighted by molar-refractivity contribution is 5.95. The van der Waals surface area contributed by atoms with Crippen LogP contribution >= 0.6 is 0 Å². The number of hydrogen-bond acceptors (Lipinski definition) is 4. The van der Waals surface area contributed by atoms with Crippen molar-refractivity contribution in [2.75, 3.05) is 46.3 Å². The first-order valence-corrected chi connectivity index (χ1v) is 8.24. The fourth-order valence-electron chi connectivity index (χ4n) is 3.10. The largest absolute Gasteiger partial charge is 0.341 e. The first-order valence-electron chi connectivity index (χ1n) is 8.24. The maximum absolute atomic E-state index is 12.5. The summed E-state index contributed by atoms with van der Waals surface area (Å²) in [6.45, 7) is 6.54. The fraction of sp³-hybridized carbons (Fsp3) is 0.588. The molecule has 3 heterocycles. The monoisotopic (exact) mass is 316 g/mol.